The number of anilines is 1. The Kier molecular flexibility index (Phi) is 9.68. The highest BCUT2D eigenvalue weighted by Crippen LogP contribution is 2.29. The maximum atomic E-state index is 13.1. The van der Waals surface area contributed by atoms with Gasteiger partial charge in [0, 0.05) is 31.6 Å². The number of aromatic nitrogens is 1. The molecule has 3 rings (SSSR count). The Morgan fingerprint density at radius 3 is 2.34 bits per heavy atom. The molecule has 0 radical (unpaired) electrons. The Balaban J connectivity index is 1.90. The summed E-state index contributed by atoms with van der Waals surface area (Å²) in [7, 11) is -2.37. The largest absolute Gasteiger partial charge is 0.357 e. The van der Waals surface area contributed by atoms with Gasteiger partial charge in [-0.3, -0.25) is 9.59 Å². The Hall–Kier alpha value is -3.66. The van der Waals surface area contributed by atoms with Crippen molar-refractivity contribution in [2.75, 3.05) is 11.8 Å². The average Bonchev–Trinajstić information content (AvgIpc) is 3.30. The molecule has 2 aromatic carbocycles. The van der Waals surface area contributed by atoms with E-state index in [1.807, 2.05) is 45.0 Å². The second-order valence-corrected chi connectivity index (χ2v) is 11.2. The lowest BCUT2D eigenvalue weighted by Gasteiger charge is -2.33. The number of rotatable bonds is 12. The number of hydrogen-bond donors (Lipinski definition) is 2. The van der Waals surface area contributed by atoms with E-state index >= 15 is 0 Å². The van der Waals surface area contributed by atoms with Crippen LogP contribution in [-0.4, -0.2) is 43.4 Å². The van der Waals surface area contributed by atoms with Gasteiger partial charge in [0.25, 0.3) is 10.0 Å². The van der Waals surface area contributed by atoms with E-state index in [4.69, 9.17) is 4.52 Å². The molecular weight excluding hydrogens is 504 g/mol. The molecule has 1 atom stereocenters. The molecule has 0 bridgehead atoms. The lowest BCUT2D eigenvalue weighted by Crippen LogP contribution is -2.51. The van der Waals surface area contributed by atoms with Crippen molar-refractivity contribution in [1.29, 1.82) is 0 Å². The first-order valence-electron chi connectivity index (χ1n) is 12.7. The molecule has 0 saturated carbocycles. The summed E-state index contributed by atoms with van der Waals surface area (Å²) in [6.07, 6.45) is 2.01. The Labute approximate surface area is 224 Å². The van der Waals surface area contributed by atoms with Crippen molar-refractivity contribution in [3.05, 3.63) is 65.9 Å². The van der Waals surface area contributed by atoms with Crippen molar-refractivity contribution in [2.45, 2.75) is 64.4 Å². The van der Waals surface area contributed by atoms with E-state index < -0.39 is 16.1 Å². The first-order chi connectivity index (χ1) is 18.1. The van der Waals surface area contributed by atoms with Gasteiger partial charge in [0.2, 0.25) is 17.7 Å². The number of unbranched alkanes of at least 4 members (excludes halogenated alkanes) is 1. The molecule has 1 unspecified atom stereocenters. The van der Waals surface area contributed by atoms with Crippen molar-refractivity contribution in [3.63, 3.8) is 0 Å². The van der Waals surface area contributed by atoms with E-state index in [1.165, 1.54) is 12.1 Å². The van der Waals surface area contributed by atoms with Crippen LogP contribution in [0.3, 0.4) is 0 Å². The zero-order chi connectivity index (χ0) is 27.9. The van der Waals surface area contributed by atoms with Crippen LogP contribution in [0.1, 0.15) is 51.3 Å². The number of hydrogen-bond acceptors (Lipinski definition) is 6. The molecule has 1 heterocycles. The van der Waals surface area contributed by atoms with Crippen molar-refractivity contribution >= 4 is 27.7 Å². The second kappa shape index (κ2) is 12.7. The summed E-state index contributed by atoms with van der Waals surface area (Å²) in [6, 6.07) is 14.9. The van der Waals surface area contributed by atoms with E-state index in [0.717, 1.165) is 18.4 Å². The molecule has 0 spiro atoms. The lowest BCUT2D eigenvalue weighted by molar-refractivity contribution is -0.142. The molecule has 0 aliphatic rings. The van der Waals surface area contributed by atoms with Crippen LogP contribution in [0, 0.1) is 12.8 Å². The quantitative estimate of drug-likeness (QED) is 0.342. The molecule has 38 heavy (non-hydrogen) atoms. The minimum Gasteiger partial charge on any atom is -0.357 e. The van der Waals surface area contributed by atoms with Crippen molar-refractivity contribution < 1.29 is 22.5 Å². The Morgan fingerprint density at radius 1 is 1.08 bits per heavy atom. The normalized spacial score (nSPS) is 12.3. The van der Waals surface area contributed by atoms with Gasteiger partial charge in [0.05, 0.1) is 10.6 Å². The molecule has 1 aromatic heterocycles. The van der Waals surface area contributed by atoms with Crippen LogP contribution in [0.15, 0.2) is 64.0 Å². The zero-order valence-electron chi connectivity index (χ0n) is 22.5. The molecule has 204 valence electrons. The fourth-order valence-electron chi connectivity index (χ4n) is 4.29. The first kappa shape index (κ1) is 28.9. The van der Waals surface area contributed by atoms with Gasteiger partial charge in [-0.2, -0.15) is 0 Å². The molecule has 0 saturated heterocycles. The lowest BCUT2D eigenvalue weighted by atomic mass is 9.99. The summed E-state index contributed by atoms with van der Waals surface area (Å²) in [5.41, 5.74) is 2.61. The predicted molar refractivity (Wildman–Crippen MR) is 147 cm³/mol. The summed E-state index contributed by atoms with van der Waals surface area (Å²) in [4.78, 5) is 27.6. The fraction of sp³-hybridized carbons (Fsp3) is 0.393. The van der Waals surface area contributed by atoms with Gasteiger partial charge in [0.1, 0.15) is 6.04 Å². The highest BCUT2D eigenvalue weighted by molar-refractivity contribution is 7.92. The van der Waals surface area contributed by atoms with E-state index in [-0.39, 0.29) is 35.1 Å². The van der Waals surface area contributed by atoms with Crippen LogP contribution < -0.4 is 10.0 Å². The van der Waals surface area contributed by atoms with Gasteiger partial charge < -0.3 is 14.7 Å². The number of sulfonamides is 1. The summed E-state index contributed by atoms with van der Waals surface area (Å²) in [6.45, 7) is 7.84. The Morgan fingerprint density at radius 2 is 1.76 bits per heavy atom. The van der Waals surface area contributed by atoms with E-state index in [2.05, 4.69) is 15.2 Å². The van der Waals surface area contributed by atoms with Crippen LogP contribution in [-0.2, 0) is 26.2 Å². The summed E-state index contributed by atoms with van der Waals surface area (Å²) in [5.74, 6) is -0.299. The van der Waals surface area contributed by atoms with Gasteiger partial charge >= 0.3 is 0 Å². The summed E-state index contributed by atoms with van der Waals surface area (Å²) in [5, 5.41) is 6.41. The van der Waals surface area contributed by atoms with Crippen LogP contribution in [0.2, 0.25) is 0 Å². The minimum absolute atomic E-state index is 0.0382. The van der Waals surface area contributed by atoms with Crippen LogP contribution in [0.25, 0.3) is 11.1 Å². The van der Waals surface area contributed by atoms with E-state index in [9.17, 15) is 18.0 Å². The van der Waals surface area contributed by atoms with Crippen molar-refractivity contribution in [1.82, 2.24) is 15.4 Å². The van der Waals surface area contributed by atoms with Gasteiger partial charge in [-0.15, -0.1) is 0 Å². The van der Waals surface area contributed by atoms with Crippen LogP contribution >= 0.6 is 0 Å². The predicted octanol–water partition coefficient (Wildman–Crippen LogP) is 4.74. The highest BCUT2D eigenvalue weighted by atomic mass is 32.2. The van der Waals surface area contributed by atoms with Crippen LogP contribution in [0.4, 0.5) is 5.88 Å². The molecule has 3 aromatic rings. The highest BCUT2D eigenvalue weighted by Gasteiger charge is 2.31. The number of nitrogens with one attached hydrogen (secondary N) is 2. The summed E-state index contributed by atoms with van der Waals surface area (Å²) < 4.78 is 33.7. The molecular formula is C28H36N4O5S. The topological polar surface area (TPSA) is 122 Å². The van der Waals surface area contributed by atoms with Gasteiger partial charge in [-0.05, 0) is 36.5 Å². The van der Waals surface area contributed by atoms with Gasteiger partial charge in [0.15, 0.2) is 0 Å². The molecule has 0 fully saturated rings. The maximum absolute atomic E-state index is 13.1. The number of carbonyl (C=O) groups is 2. The van der Waals surface area contributed by atoms with E-state index in [1.54, 1.807) is 37.1 Å². The second-order valence-electron chi connectivity index (χ2n) is 9.56. The third kappa shape index (κ3) is 7.00. The Bertz CT molecular complexity index is 1350. The van der Waals surface area contributed by atoms with Gasteiger partial charge in [-0.25, -0.2) is 13.1 Å². The van der Waals surface area contributed by atoms with Crippen LogP contribution in [0.5, 0.6) is 0 Å². The number of aryl methyl sites for hydroxylation is 1. The number of carbonyl (C=O) groups excluding carboxylic acids is 2. The minimum atomic E-state index is -3.94. The van der Waals surface area contributed by atoms with Gasteiger partial charge in [-0.1, -0.05) is 74.8 Å². The molecule has 10 heteroatoms. The number of benzene rings is 2. The molecule has 0 aliphatic heterocycles. The first-order valence-corrected chi connectivity index (χ1v) is 14.2. The average molecular weight is 541 g/mol. The zero-order valence-corrected chi connectivity index (χ0v) is 23.3. The number of amides is 2. The van der Waals surface area contributed by atoms with Crippen molar-refractivity contribution in [3.8, 4) is 11.1 Å². The molecule has 2 amide bonds. The number of nitrogens with zero attached hydrogens (tertiary/aromatic N) is 2. The van der Waals surface area contributed by atoms with E-state index in [0.29, 0.717) is 23.2 Å². The number of likely N-dealkylation sites (N-methyl/N-ethyl adjacent to an activating group) is 1. The third-order valence-corrected chi connectivity index (χ3v) is 7.61. The molecule has 0 aliphatic carbocycles. The smallest absolute Gasteiger partial charge is 0.264 e. The monoisotopic (exact) mass is 540 g/mol. The van der Waals surface area contributed by atoms with Crippen molar-refractivity contribution in [2.24, 2.45) is 5.92 Å². The molecule has 2 N–H and O–H groups in total. The molecule has 9 nitrogen and oxygen atoms in total. The summed E-state index contributed by atoms with van der Waals surface area (Å²) >= 11 is 0. The third-order valence-electron chi connectivity index (χ3n) is 6.20. The standard InChI is InChI=1S/C28H36N4O5S/c1-6-7-12-26(33)32(27(19(2)3)28(34)29-5)18-21-13-15-22(16-14-21)23-10-8-9-11-24(23)38(35,36)31-25-17-20(4)30-37-25/h8-11,13-17,19,27,31H,6-7,12,18H2,1-5H3,(H,29,34). The maximum Gasteiger partial charge on any atom is 0.264 e. The SMILES string of the molecule is CCCCC(=O)N(Cc1ccc(-c2ccccc2S(=O)(=O)Nc2cc(C)no2)cc1)C(C(=O)NC)C(C)C. The fourth-order valence-corrected chi connectivity index (χ4v) is 5.49.